The highest BCUT2D eigenvalue weighted by Crippen LogP contribution is 2.33. The first kappa shape index (κ1) is 20.6. The van der Waals surface area contributed by atoms with Gasteiger partial charge in [-0.1, -0.05) is 54.6 Å². The SMILES string of the molecule is CCOc1ccccc1C=C1SC(N2CCN(c3cccc4ccccc34)CC2)=NC1=O. The number of hydrogen-bond acceptors (Lipinski definition) is 5. The molecule has 0 N–H and O–H groups in total. The molecule has 1 saturated heterocycles. The van der Waals surface area contributed by atoms with Crippen molar-refractivity contribution in [2.24, 2.45) is 4.99 Å². The molecule has 0 unspecified atom stereocenters. The first-order chi connectivity index (χ1) is 15.7. The number of para-hydroxylation sites is 1. The van der Waals surface area contributed by atoms with Gasteiger partial charge in [0, 0.05) is 42.8 Å². The van der Waals surface area contributed by atoms with Crippen LogP contribution in [0.1, 0.15) is 12.5 Å². The minimum atomic E-state index is -0.173. The van der Waals surface area contributed by atoms with Crippen molar-refractivity contribution in [2.75, 3.05) is 37.7 Å². The van der Waals surface area contributed by atoms with Crippen LogP contribution >= 0.6 is 11.8 Å². The smallest absolute Gasteiger partial charge is 0.286 e. The number of anilines is 1. The molecule has 3 aromatic rings. The Bertz CT molecular complexity index is 1210. The van der Waals surface area contributed by atoms with Gasteiger partial charge in [0.25, 0.3) is 5.91 Å². The van der Waals surface area contributed by atoms with Crippen molar-refractivity contribution >= 4 is 45.4 Å². The lowest BCUT2D eigenvalue weighted by atomic mass is 10.1. The number of amidine groups is 1. The molecule has 0 radical (unpaired) electrons. The molecule has 0 atom stereocenters. The highest BCUT2D eigenvalue weighted by Gasteiger charge is 2.29. The van der Waals surface area contributed by atoms with Crippen LogP contribution in [-0.2, 0) is 4.79 Å². The minimum absolute atomic E-state index is 0.173. The maximum absolute atomic E-state index is 12.6. The zero-order valence-corrected chi connectivity index (χ0v) is 18.8. The quantitative estimate of drug-likeness (QED) is 0.529. The van der Waals surface area contributed by atoms with E-state index in [2.05, 4.69) is 57.3 Å². The van der Waals surface area contributed by atoms with E-state index in [4.69, 9.17) is 4.74 Å². The molecule has 2 aliphatic rings. The lowest BCUT2D eigenvalue weighted by molar-refractivity contribution is -0.113. The lowest BCUT2D eigenvalue weighted by Gasteiger charge is -2.37. The summed E-state index contributed by atoms with van der Waals surface area (Å²) in [5, 5.41) is 3.34. The number of thioether (sulfide) groups is 1. The second-order valence-electron chi connectivity index (χ2n) is 7.75. The van der Waals surface area contributed by atoms with E-state index in [1.54, 1.807) is 0 Å². The molecule has 0 saturated carbocycles. The third-order valence-corrected chi connectivity index (χ3v) is 6.82. The summed E-state index contributed by atoms with van der Waals surface area (Å²) in [5.74, 6) is 0.612. The van der Waals surface area contributed by atoms with Crippen LogP contribution in [-0.4, -0.2) is 48.8 Å². The van der Waals surface area contributed by atoms with Gasteiger partial charge < -0.3 is 14.5 Å². The molecule has 162 valence electrons. The van der Waals surface area contributed by atoms with Crippen LogP contribution in [0.2, 0.25) is 0 Å². The molecule has 2 aliphatic heterocycles. The van der Waals surface area contributed by atoms with Gasteiger partial charge in [-0.3, -0.25) is 4.79 Å². The summed E-state index contributed by atoms with van der Waals surface area (Å²) in [6.07, 6.45) is 1.89. The summed E-state index contributed by atoms with van der Waals surface area (Å²) in [6.45, 7) is 6.01. The number of carbonyl (C=O) groups excluding carboxylic acids is 1. The van der Waals surface area contributed by atoms with E-state index in [1.807, 2.05) is 37.3 Å². The van der Waals surface area contributed by atoms with Crippen molar-refractivity contribution in [1.82, 2.24) is 4.90 Å². The molecule has 0 bridgehead atoms. The fraction of sp³-hybridized carbons (Fsp3) is 0.231. The maximum atomic E-state index is 12.6. The van der Waals surface area contributed by atoms with Crippen molar-refractivity contribution < 1.29 is 9.53 Å². The number of benzene rings is 3. The molecular formula is C26H25N3O2S. The van der Waals surface area contributed by atoms with Gasteiger partial charge >= 0.3 is 0 Å². The van der Waals surface area contributed by atoms with Gasteiger partial charge in [0.05, 0.1) is 11.5 Å². The summed E-state index contributed by atoms with van der Waals surface area (Å²) < 4.78 is 5.69. The molecule has 0 aliphatic carbocycles. The number of ether oxygens (including phenoxy) is 1. The van der Waals surface area contributed by atoms with E-state index in [0.29, 0.717) is 11.5 Å². The third kappa shape index (κ3) is 4.10. The molecule has 3 aromatic carbocycles. The normalized spacial score (nSPS) is 17.8. The van der Waals surface area contributed by atoms with Gasteiger partial charge in [-0.15, -0.1) is 0 Å². The number of piperazine rings is 1. The standard InChI is InChI=1S/C26H25N3O2S/c1-2-31-23-13-6-4-9-20(23)18-24-25(30)27-26(32-24)29-16-14-28(15-17-29)22-12-7-10-19-8-3-5-11-21(19)22/h3-13,18H,2,14-17H2,1H3. The second kappa shape index (κ2) is 9.09. The predicted octanol–water partition coefficient (Wildman–Crippen LogP) is 5.03. The van der Waals surface area contributed by atoms with Crippen LogP contribution in [0.25, 0.3) is 16.8 Å². The van der Waals surface area contributed by atoms with Gasteiger partial charge in [-0.2, -0.15) is 4.99 Å². The molecule has 5 nitrogen and oxygen atoms in total. The Labute approximate surface area is 192 Å². The lowest BCUT2D eigenvalue weighted by Crippen LogP contribution is -2.47. The highest BCUT2D eigenvalue weighted by molar-refractivity contribution is 8.18. The summed E-state index contributed by atoms with van der Waals surface area (Å²) in [4.78, 5) is 22.2. The Balaban J connectivity index is 1.28. The molecule has 6 heteroatoms. The average Bonchev–Trinajstić information content (AvgIpc) is 3.20. The van der Waals surface area contributed by atoms with Crippen molar-refractivity contribution in [3.05, 3.63) is 77.2 Å². The number of nitrogens with zero attached hydrogens (tertiary/aromatic N) is 3. The van der Waals surface area contributed by atoms with E-state index < -0.39 is 0 Å². The third-order valence-electron chi connectivity index (χ3n) is 5.77. The Morgan fingerprint density at radius 3 is 2.50 bits per heavy atom. The minimum Gasteiger partial charge on any atom is -0.493 e. The number of rotatable bonds is 4. The average molecular weight is 444 g/mol. The van der Waals surface area contributed by atoms with Crippen LogP contribution < -0.4 is 9.64 Å². The molecule has 2 heterocycles. The summed E-state index contributed by atoms with van der Waals surface area (Å²) in [7, 11) is 0. The molecule has 32 heavy (non-hydrogen) atoms. The van der Waals surface area contributed by atoms with Crippen molar-refractivity contribution in [3.8, 4) is 5.75 Å². The number of fused-ring (bicyclic) bond motifs is 1. The fourth-order valence-electron chi connectivity index (χ4n) is 4.18. The van der Waals surface area contributed by atoms with Gasteiger partial charge in [-0.05, 0) is 42.3 Å². The zero-order valence-electron chi connectivity index (χ0n) is 18.0. The summed E-state index contributed by atoms with van der Waals surface area (Å²) in [5.41, 5.74) is 2.18. The Kier molecular flexibility index (Phi) is 5.86. The zero-order chi connectivity index (χ0) is 21.9. The number of carbonyl (C=O) groups is 1. The van der Waals surface area contributed by atoms with Gasteiger partial charge in [-0.25, -0.2) is 0 Å². The van der Waals surface area contributed by atoms with Gasteiger partial charge in [0.2, 0.25) is 0 Å². The maximum Gasteiger partial charge on any atom is 0.286 e. The largest absolute Gasteiger partial charge is 0.493 e. The first-order valence-corrected chi connectivity index (χ1v) is 11.8. The highest BCUT2D eigenvalue weighted by atomic mass is 32.2. The van der Waals surface area contributed by atoms with Gasteiger partial charge in [0.15, 0.2) is 5.17 Å². The van der Waals surface area contributed by atoms with E-state index in [0.717, 1.165) is 42.7 Å². The van der Waals surface area contributed by atoms with Crippen molar-refractivity contribution in [1.29, 1.82) is 0 Å². The van der Waals surface area contributed by atoms with E-state index in [1.165, 1.54) is 28.2 Å². The summed E-state index contributed by atoms with van der Waals surface area (Å²) >= 11 is 1.46. The van der Waals surface area contributed by atoms with E-state index in [9.17, 15) is 4.79 Å². The van der Waals surface area contributed by atoms with E-state index >= 15 is 0 Å². The first-order valence-electron chi connectivity index (χ1n) is 10.9. The van der Waals surface area contributed by atoms with Crippen LogP contribution in [0.3, 0.4) is 0 Å². The second-order valence-corrected chi connectivity index (χ2v) is 8.76. The van der Waals surface area contributed by atoms with Crippen LogP contribution in [0, 0.1) is 0 Å². The van der Waals surface area contributed by atoms with Crippen LogP contribution in [0.15, 0.2) is 76.6 Å². The monoisotopic (exact) mass is 443 g/mol. The Morgan fingerprint density at radius 1 is 0.938 bits per heavy atom. The molecular weight excluding hydrogens is 418 g/mol. The molecule has 0 spiro atoms. The summed E-state index contributed by atoms with van der Waals surface area (Å²) in [6, 6.07) is 22.8. The number of aliphatic imine (C=N–C) groups is 1. The molecule has 1 fully saturated rings. The fourth-order valence-corrected chi connectivity index (χ4v) is 5.14. The van der Waals surface area contributed by atoms with Gasteiger partial charge in [0.1, 0.15) is 5.75 Å². The van der Waals surface area contributed by atoms with E-state index in [-0.39, 0.29) is 5.91 Å². The predicted molar refractivity (Wildman–Crippen MR) is 133 cm³/mol. The number of hydrogen-bond donors (Lipinski definition) is 0. The topological polar surface area (TPSA) is 45.1 Å². The Hall–Kier alpha value is -3.25. The molecule has 0 aromatic heterocycles. The Morgan fingerprint density at radius 2 is 1.66 bits per heavy atom. The van der Waals surface area contributed by atoms with Crippen molar-refractivity contribution in [3.63, 3.8) is 0 Å². The van der Waals surface area contributed by atoms with Crippen LogP contribution in [0.4, 0.5) is 5.69 Å². The van der Waals surface area contributed by atoms with Crippen LogP contribution in [0.5, 0.6) is 5.75 Å². The number of amides is 1. The molecule has 1 amide bonds. The molecule has 5 rings (SSSR count). The van der Waals surface area contributed by atoms with Crippen molar-refractivity contribution in [2.45, 2.75) is 6.92 Å².